The molecule has 0 saturated heterocycles. The number of carbonyl (C=O) groups excluding carboxylic acids is 2. The number of amides is 2. The van der Waals surface area contributed by atoms with E-state index in [4.69, 9.17) is 0 Å². The van der Waals surface area contributed by atoms with E-state index < -0.39 is 0 Å². The van der Waals surface area contributed by atoms with Crippen LogP contribution in [-0.2, 0) is 4.79 Å². The minimum absolute atomic E-state index is 0.122. The summed E-state index contributed by atoms with van der Waals surface area (Å²) in [6.07, 6.45) is 5.12. The Balaban J connectivity index is 1.71. The van der Waals surface area contributed by atoms with E-state index >= 15 is 0 Å². The molecule has 0 unspecified atom stereocenters. The van der Waals surface area contributed by atoms with E-state index in [1.807, 2.05) is 13.0 Å². The van der Waals surface area contributed by atoms with Gasteiger partial charge in [-0.2, -0.15) is 0 Å². The smallest absolute Gasteiger partial charge is 0.269 e. The molecule has 1 aromatic rings. The zero-order valence-electron chi connectivity index (χ0n) is 12.3. The molecule has 0 radical (unpaired) electrons. The number of nitrogens with one attached hydrogen (secondary N) is 3. The van der Waals surface area contributed by atoms with Gasteiger partial charge in [-0.1, -0.05) is 0 Å². The van der Waals surface area contributed by atoms with Crippen molar-refractivity contribution in [3.05, 3.63) is 24.0 Å². The Morgan fingerprint density at radius 3 is 2.90 bits per heavy atom. The Hall–Kier alpha value is -2.11. The van der Waals surface area contributed by atoms with Gasteiger partial charge in [0.05, 0.1) is 0 Å². The summed E-state index contributed by atoms with van der Waals surface area (Å²) in [5.74, 6) is -0.0537. The molecular weight excluding hydrogens is 268 g/mol. The molecule has 2 amide bonds. The van der Waals surface area contributed by atoms with Crippen molar-refractivity contribution in [3.63, 3.8) is 0 Å². The summed E-state index contributed by atoms with van der Waals surface area (Å²) in [4.78, 5) is 27.2. The normalized spacial score (nSPS) is 13.6. The van der Waals surface area contributed by atoms with Gasteiger partial charge in [-0.05, 0) is 38.3 Å². The average Bonchev–Trinajstić information content (AvgIpc) is 3.28. The van der Waals surface area contributed by atoms with Crippen LogP contribution in [0.15, 0.2) is 18.3 Å². The van der Waals surface area contributed by atoms with Crippen molar-refractivity contribution in [2.24, 2.45) is 0 Å². The van der Waals surface area contributed by atoms with Crippen LogP contribution in [0.3, 0.4) is 0 Å². The van der Waals surface area contributed by atoms with Gasteiger partial charge in [0.2, 0.25) is 5.91 Å². The zero-order valence-corrected chi connectivity index (χ0v) is 12.3. The van der Waals surface area contributed by atoms with Gasteiger partial charge in [-0.15, -0.1) is 0 Å². The summed E-state index contributed by atoms with van der Waals surface area (Å²) in [5.41, 5.74) is 1.24. The van der Waals surface area contributed by atoms with E-state index in [1.165, 1.54) is 0 Å². The van der Waals surface area contributed by atoms with Crippen molar-refractivity contribution in [3.8, 4) is 0 Å². The molecule has 21 heavy (non-hydrogen) atoms. The molecule has 1 aliphatic carbocycles. The summed E-state index contributed by atoms with van der Waals surface area (Å²) >= 11 is 0. The molecule has 114 valence electrons. The quantitative estimate of drug-likeness (QED) is 0.630. The Morgan fingerprint density at radius 2 is 2.19 bits per heavy atom. The highest BCUT2D eigenvalue weighted by Crippen LogP contribution is 2.18. The maximum atomic E-state index is 11.7. The molecule has 0 atom stereocenters. The van der Waals surface area contributed by atoms with Gasteiger partial charge in [0, 0.05) is 37.4 Å². The predicted molar refractivity (Wildman–Crippen MR) is 81.1 cm³/mol. The van der Waals surface area contributed by atoms with Gasteiger partial charge in [-0.25, -0.2) is 0 Å². The lowest BCUT2D eigenvalue weighted by Gasteiger charge is -2.08. The van der Waals surface area contributed by atoms with E-state index in [0.717, 1.165) is 24.9 Å². The van der Waals surface area contributed by atoms with Crippen LogP contribution < -0.4 is 16.0 Å². The molecule has 3 N–H and O–H groups in total. The van der Waals surface area contributed by atoms with E-state index in [9.17, 15) is 9.59 Å². The monoisotopic (exact) mass is 290 g/mol. The Kier molecular flexibility index (Phi) is 5.54. The van der Waals surface area contributed by atoms with Gasteiger partial charge in [0.1, 0.15) is 5.69 Å². The van der Waals surface area contributed by atoms with Crippen molar-refractivity contribution in [1.82, 2.24) is 15.6 Å². The number of hydrogen-bond donors (Lipinski definition) is 3. The molecular formula is C15H22N4O2. The summed E-state index contributed by atoms with van der Waals surface area (Å²) in [6.45, 7) is 3.14. The third kappa shape index (κ3) is 5.41. The molecule has 0 bridgehead atoms. The van der Waals surface area contributed by atoms with Crippen LogP contribution in [0.4, 0.5) is 5.69 Å². The molecule has 1 saturated carbocycles. The molecule has 0 aromatic carbocycles. The second kappa shape index (κ2) is 7.61. The number of nitrogens with zero attached hydrogens (tertiary/aromatic N) is 1. The maximum absolute atomic E-state index is 11.7. The largest absolute Gasteiger partial charge is 0.385 e. The highest BCUT2D eigenvalue weighted by Gasteiger charge is 2.22. The van der Waals surface area contributed by atoms with Crippen LogP contribution in [0.2, 0.25) is 0 Å². The number of carbonyl (C=O) groups is 2. The molecule has 1 fully saturated rings. The first-order chi connectivity index (χ1) is 10.2. The molecule has 0 aliphatic heterocycles. The second-order valence-electron chi connectivity index (χ2n) is 5.16. The first-order valence-electron chi connectivity index (χ1n) is 7.46. The molecule has 6 heteroatoms. The fourth-order valence-electron chi connectivity index (χ4n) is 1.92. The molecule has 1 heterocycles. The third-order valence-corrected chi connectivity index (χ3v) is 3.18. The van der Waals surface area contributed by atoms with E-state index in [0.29, 0.717) is 31.2 Å². The van der Waals surface area contributed by atoms with Crippen LogP contribution in [0, 0.1) is 0 Å². The molecule has 2 rings (SSSR count). The highest BCUT2D eigenvalue weighted by atomic mass is 16.2. The first kappa shape index (κ1) is 15.3. The predicted octanol–water partition coefficient (Wildman–Crippen LogP) is 1.30. The lowest BCUT2D eigenvalue weighted by Crippen LogP contribution is -2.25. The summed E-state index contributed by atoms with van der Waals surface area (Å²) in [7, 11) is 0. The SMILES string of the molecule is CCNC(=O)c1cc(NCCCC(=O)NC2CC2)ccn1. The van der Waals surface area contributed by atoms with E-state index in [2.05, 4.69) is 20.9 Å². The topological polar surface area (TPSA) is 83.1 Å². The van der Waals surface area contributed by atoms with Crippen LogP contribution in [0.5, 0.6) is 0 Å². The van der Waals surface area contributed by atoms with Crippen molar-refractivity contribution in [2.45, 2.75) is 38.6 Å². The lowest BCUT2D eigenvalue weighted by molar-refractivity contribution is -0.121. The van der Waals surface area contributed by atoms with Gasteiger partial charge >= 0.3 is 0 Å². The number of rotatable bonds is 8. The zero-order chi connectivity index (χ0) is 15.1. The number of pyridine rings is 1. The third-order valence-electron chi connectivity index (χ3n) is 3.18. The minimum Gasteiger partial charge on any atom is -0.385 e. The maximum Gasteiger partial charge on any atom is 0.269 e. The Morgan fingerprint density at radius 1 is 1.38 bits per heavy atom. The fourth-order valence-corrected chi connectivity index (χ4v) is 1.92. The van der Waals surface area contributed by atoms with Crippen LogP contribution in [0.1, 0.15) is 43.1 Å². The van der Waals surface area contributed by atoms with Crippen LogP contribution in [-0.4, -0.2) is 35.9 Å². The molecule has 0 spiro atoms. The van der Waals surface area contributed by atoms with Crippen molar-refractivity contribution in [1.29, 1.82) is 0 Å². The Bertz CT molecular complexity index is 500. The summed E-state index contributed by atoms with van der Waals surface area (Å²) < 4.78 is 0. The van der Waals surface area contributed by atoms with Crippen molar-refractivity contribution >= 4 is 17.5 Å². The molecule has 6 nitrogen and oxygen atoms in total. The fraction of sp³-hybridized carbons (Fsp3) is 0.533. The lowest BCUT2D eigenvalue weighted by atomic mass is 10.2. The molecule has 1 aliphatic rings. The van der Waals surface area contributed by atoms with Gasteiger partial charge < -0.3 is 16.0 Å². The van der Waals surface area contributed by atoms with E-state index in [1.54, 1.807) is 12.3 Å². The van der Waals surface area contributed by atoms with Crippen molar-refractivity contribution in [2.75, 3.05) is 18.4 Å². The summed E-state index contributed by atoms with van der Waals surface area (Å²) in [6, 6.07) is 3.95. The second-order valence-corrected chi connectivity index (χ2v) is 5.16. The van der Waals surface area contributed by atoms with Crippen molar-refractivity contribution < 1.29 is 9.59 Å². The van der Waals surface area contributed by atoms with Gasteiger partial charge in [0.25, 0.3) is 5.91 Å². The number of aromatic nitrogens is 1. The highest BCUT2D eigenvalue weighted by molar-refractivity contribution is 5.93. The number of anilines is 1. The minimum atomic E-state index is -0.176. The average molecular weight is 290 g/mol. The Labute approximate surface area is 124 Å². The number of hydrogen-bond acceptors (Lipinski definition) is 4. The van der Waals surface area contributed by atoms with Crippen LogP contribution >= 0.6 is 0 Å². The van der Waals surface area contributed by atoms with Gasteiger partial charge in [0.15, 0.2) is 0 Å². The van der Waals surface area contributed by atoms with Gasteiger partial charge in [-0.3, -0.25) is 14.6 Å². The first-order valence-corrected chi connectivity index (χ1v) is 7.46. The summed E-state index contributed by atoms with van der Waals surface area (Å²) in [5, 5.41) is 8.88. The van der Waals surface area contributed by atoms with Crippen LogP contribution in [0.25, 0.3) is 0 Å². The molecule has 1 aromatic heterocycles. The standard InChI is InChI=1S/C15H22N4O2/c1-2-16-15(21)13-10-12(7-9-18-13)17-8-3-4-14(20)19-11-5-6-11/h7,9-11H,2-6,8H2,1H3,(H,16,21)(H,17,18)(H,19,20). The van der Waals surface area contributed by atoms with E-state index in [-0.39, 0.29) is 11.8 Å².